The predicted octanol–water partition coefficient (Wildman–Crippen LogP) is 1.69. The highest BCUT2D eigenvalue weighted by atomic mass is 19.4. The summed E-state index contributed by atoms with van der Waals surface area (Å²) < 4.78 is 42.7. The van der Waals surface area contributed by atoms with Gasteiger partial charge in [0.2, 0.25) is 5.88 Å². The first-order valence-electron chi connectivity index (χ1n) is 7.01. The van der Waals surface area contributed by atoms with Gasteiger partial charge < -0.3 is 14.6 Å². The van der Waals surface area contributed by atoms with E-state index in [1.807, 2.05) is 0 Å². The average molecular weight is 339 g/mol. The van der Waals surface area contributed by atoms with Crippen molar-refractivity contribution in [3.05, 3.63) is 58.1 Å². The molecule has 0 saturated carbocycles. The molecule has 1 aliphatic heterocycles. The smallest absolute Gasteiger partial charge is 0.417 e. The van der Waals surface area contributed by atoms with Gasteiger partial charge in [0.1, 0.15) is 11.7 Å². The fraction of sp³-hybridized carbons (Fsp3) is 0.267. The number of nitrogens with zero attached hydrogens (tertiary/aromatic N) is 2. The summed E-state index contributed by atoms with van der Waals surface area (Å²) in [5, 5.41) is 0. The number of amides is 1. The lowest BCUT2D eigenvalue weighted by Gasteiger charge is -2.38. The molecule has 2 aromatic rings. The number of aromatic amines is 1. The molecule has 6 nitrogen and oxygen atoms in total. The summed E-state index contributed by atoms with van der Waals surface area (Å²) in [7, 11) is 0. The van der Waals surface area contributed by atoms with Gasteiger partial charge in [0.25, 0.3) is 11.5 Å². The van der Waals surface area contributed by atoms with Crippen molar-refractivity contribution in [1.82, 2.24) is 14.9 Å². The second-order valence-corrected chi connectivity index (χ2v) is 5.25. The van der Waals surface area contributed by atoms with E-state index in [0.29, 0.717) is 6.20 Å². The van der Waals surface area contributed by atoms with Gasteiger partial charge >= 0.3 is 6.18 Å². The number of pyridine rings is 2. The number of hydrogen-bond acceptors (Lipinski definition) is 4. The van der Waals surface area contributed by atoms with Crippen molar-refractivity contribution >= 4 is 5.91 Å². The highest BCUT2D eigenvalue weighted by Crippen LogP contribution is 2.29. The minimum atomic E-state index is -4.45. The van der Waals surface area contributed by atoms with Gasteiger partial charge in [-0.1, -0.05) is 0 Å². The highest BCUT2D eigenvalue weighted by molar-refractivity contribution is 5.94. The van der Waals surface area contributed by atoms with E-state index in [1.54, 1.807) is 6.07 Å². The first kappa shape index (κ1) is 16.0. The van der Waals surface area contributed by atoms with Crippen LogP contribution in [-0.2, 0) is 6.18 Å². The summed E-state index contributed by atoms with van der Waals surface area (Å²) in [6, 6.07) is 4.99. The second kappa shape index (κ2) is 5.99. The van der Waals surface area contributed by atoms with Crippen molar-refractivity contribution in [3.63, 3.8) is 0 Å². The van der Waals surface area contributed by atoms with E-state index in [1.165, 1.54) is 17.2 Å². The van der Waals surface area contributed by atoms with Crippen LogP contribution in [0.5, 0.6) is 5.88 Å². The summed E-state index contributed by atoms with van der Waals surface area (Å²) >= 11 is 0. The molecule has 0 aromatic carbocycles. The molecule has 1 N–H and O–H groups in total. The summed E-state index contributed by atoms with van der Waals surface area (Å²) in [5.74, 6) is -0.366. The maximum atomic E-state index is 12.4. The molecule has 1 amide bonds. The number of ether oxygens (including phenoxy) is 1. The number of alkyl halides is 3. The zero-order valence-corrected chi connectivity index (χ0v) is 12.2. The molecule has 24 heavy (non-hydrogen) atoms. The van der Waals surface area contributed by atoms with E-state index in [-0.39, 0.29) is 30.6 Å². The number of carbonyl (C=O) groups excluding carboxylic acids is 1. The molecule has 3 rings (SSSR count). The van der Waals surface area contributed by atoms with E-state index >= 15 is 0 Å². The number of carbonyl (C=O) groups is 1. The number of likely N-dealkylation sites (tertiary alicyclic amines) is 1. The summed E-state index contributed by atoms with van der Waals surface area (Å²) in [5.41, 5.74) is -1.30. The molecule has 2 aromatic heterocycles. The van der Waals surface area contributed by atoms with Gasteiger partial charge in [0.15, 0.2) is 0 Å². The maximum Gasteiger partial charge on any atom is 0.417 e. The zero-order chi connectivity index (χ0) is 17.3. The summed E-state index contributed by atoms with van der Waals surface area (Å²) in [4.78, 5) is 31.1. The average Bonchev–Trinajstić information content (AvgIpc) is 2.50. The Morgan fingerprint density at radius 3 is 2.62 bits per heavy atom. The monoisotopic (exact) mass is 339 g/mol. The molecule has 126 valence electrons. The van der Waals surface area contributed by atoms with Crippen LogP contribution in [0.15, 0.2) is 41.5 Å². The molecule has 0 aliphatic carbocycles. The SMILES string of the molecule is O=C(c1ccc[nH]c1=O)N1CC(Oc2ccc(C(F)(F)F)cn2)C1. The Kier molecular flexibility index (Phi) is 4.00. The Balaban J connectivity index is 1.57. The molecule has 0 radical (unpaired) electrons. The molecule has 3 heterocycles. The Bertz CT molecular complexity index is 796. The van der Waals surface area contributed by atoms with Gasteiger partial charge in [0.05, 0.1) is 18.7 Å². The van der Waals surface area contributed by atoms with Crippen LogP contribution in [0.4, 0.5) is 13.2 Å². The molecule has 0 bridgehead atoms. The topological polar surface area (TPSA) is 75.3 Å². The first-order chi connectivity index (χ1) is 11.3. The highest BCUT2D eigenvalue weighted by Gasteiger charge is 2.34. The Hall–Kier alpha value is -2.84. The van der Waals surface area contributed by atoms with Crippen molar-refractivity contribution in [2.24, 2.45) is 0 Å². The third-order valence-corrected chi connectivity index (χ3v) is 3.53. The van der Waals surface area contributed by atoms with E-state index in [2.05, 4.69) is 9.97 Å². The molecule has 0 unspecified atom stereocenters. The lowest BCUT2D eigenvalue weighted by atomic mass is 10.1. The van der Waals surface area contributed by atoms with Crippen molar-refractivity contribution < 1.29 is 22.7 Å². The van der Waals surface area contributed by atoms with Crippen LogP contribution in [0, 0.1) is 0 Å². The van der Waals surface area contributed by atoms with Gasteiger partial charge in [0, 0.05) is 18.5 Å². The number of aromatic nitrogens is 2. The lowest BCUT2D eigenvalue weighted by molar-refractivity contribution is -0.137. The van der Waals surface area contributed by atoms with Crippen LogP contribution in [0.3, 0.4) is 0 Å². The largest absolute Gasteiger partial charge is 0.471 e. The Morgan fingerprint density at radius 1 is 1.29 bits per heavy atom. The molecule has 1 saturated heterocycles. The first-order valence-corrected chi connectivity index (χ1v) is 7.01. The number of hydrogen-bond donors (Lipinski definition) is 1. The van der Waals surface area contributed by atoms with E-state index < -0.39 is 23.2 Å². The Morgan fingerprint density at radius 2 is 2.04 bits per heavy atom. The molecule has 1 aliphatic rings. The minimum absolute atomic E-state index is 0.0311. The maximum absolute atomic E-state index is 12.4. The van der Waals surface area contributed by atoms with Crippen molar-refractivity contribution in [2.45, 2.75) is 12.3 Å². The number of rotatable bonds is 3. The van der Waals surface area contributed by atoms with Gasteiger partial charge in [-0.3, -0.25) is 9.59 Å². The van der Waals surface area contributed by atoms with Gasteiger partial charge in [-0.2, -0.15) is 13.2 Å². The minimum Gasteiger partial charge on any atom is -0.471 e. The van der Waals surface area contributed by atoms with Crippen molar-refractivity contribution in [3.8, 4) is 5.88 Å². The van der Waals surface area contributed by atoms with E-state index in [0.717, 1.165) is 12.1 Å². The van der Waals surface area contributed by atoms with Crippen LogP contribution < -0.4 is 10.3 Å². The molecular formula is C15H12F3N3O3. The number of halogens is 3. The van der Waals surface area contributed by atoms with Crippen LogP contribution >= 0.6 is 0 Å². The van der Waals surface area contributed by atoms with Crippen LogP contribution in [0.25, 0.3) is 0 Å². The third-order valence-electron chi connectivity index (χ3n) is 3.53. The standard InChI is InChI=1S/C15H12F3N3O3/c16-15(17,18)9-3-4-12(20-6-9)24-10-7-21(8-10)14(23)11-2-1-5-19-13(11)22/h1-6,10H,7-8H2,(H,19,22). The molecular weight excluding hydrogens is 327 g/mol. The van der Waals surface area contributed by atoms with Gasteiger partial charge in [-0.25, -0.2) is 4.98 Å². The Labute approximate surface area is 133 Å². The second-order valence-electron chi connectivity index (χ2n) is 5.25. The predicted molar refractivity (Wildman–Crippen MR) is 76.6 cm³/mol. The fourth-order valence-electron chi connectivity index (χ4n) is 2.23. The van der Waals surface area contributed by atoms with Crippen LogP contribution in [-0.4, -0.2) is 40.0 Å². The quantitative estimate of drug-likeness (QED) is 0.923. The fourth-order valence-corrected chi connectivity index (χ4v) is 2.23. The van der Waals surface area contributed by atoms with Crippen LogP contribution in [0.2, 0.25) is 0 Å². The van der Waals surface area contributed by atoms with Crippen LogP contribution in [0.1, 0.15) is 15.9 Å². The molecule has 9 heteroatoms. The van der Waals surface area contributed by atoms with E-state index in [4.69, 9.17) is 4.74 Å². The normalized spacial score (nSPS) is 15.0. The van der Waals surface area contributed by atoms with Gasteiger partial charge in [-0.15, -0.1) is 0 Å². The van der Waals surface area contributed by atoms with E-state index in [9.17, 15) is 22.8 Å². The van der Waals surface area contributed by atoms with Gasteiger partial charge in [-0.05, 0) is 18.2 Å². The summed E-state index contributed by atoms with van der Waals surface area (Å²) in [6.45, 7) is 0.464. The van der Waals surface area contributed by atoms with Crippen molar-refractivity contribution in [1.29, 1.82) is 0 Å². The molecule has 1 fully saturated rings. The van der Waals surface area contributed by atoms with Crippen molar-refractivity contribution in [2.75, 3.05) is 13.1 Å². The third kappa shape index (κ3) is 3.24. The summed E-state index contributed by atoms with van der Waals surface area (Å²) in [6.07, 6.45) is -2.70. The lowest BCUT2D eigenvalue weighted by Crippen LogP contribution is -2.56. The number of nitrogens with one attached hydrogen (secondary N) is 1. The zero-order valence-electron chi connectivity index (χ0n) is 12.2. The molecule has 0 atom stereocenters. The molecule has 0 spiro atoms. The number of H-pyrrole nitrogens is 1.